The van der Waals surface area contributed by atoms with Gasteiger partial charge >= 0.3 is 0 Å². The molecule has 0 radical (unpaired) electrons. The SMILES string of the molecule is COCCOCCOCCOCCOCCOCCOCCOCCC(=O)NCCCC[C@H](N)C(=O)NCCCCCCn1nc(-c2ccc(NC(O)N3Cc4ccncc4C3)cc2)cc(-c2cccc3ncccc23)c1=O. The van der Waals surface area contributed by atoms with E-state index < -0.39 is 12.4 Å². The number of aliphatic hydroxyl groups excluding tert-OH is 1. The minimum atomic E-state index is -0.889. The second kappa shape index (κ2) is 36.4. The lowest BCUT2D eigenvalue weighted by molar-refractivity contribution is -0.123. The third kappa shape index (κ3) is 22.1. The first kappa shape index (κ1) is 61.4. The van der Waals surface area contributed by atoms with Crippen LogP contribution in [0.15, 0.2) is 90.1 Å². The molecular weight excluding hydrogens is 1000 g/mol. The lowest BCUT2D eigenvalue weighted by atomic mass is 10.00. The Kier molecular flexibility index (Phi) is 28.6. The number of aromatic nitrogens is 4. The van der Waals surface area contributed by atoms with Gasteiger partial charge in [0.1, 0.15) is 0 Å². The summed E-state index contributed by atoms with van der Waals surface area (Å²) in [6.07, 6.45) is 9.80. The molecular formula is C57H81N9O12. The quantitative estimate of drug-likeness (QED) is 0.0263. The van der Waals surface area contributed by atoms with Gasteiger partial charge < -0.3 is 64.7 Å². The second-order valence-electron chi connectivity index (χ2n) is 18.7. The van der Waals surface area contributed by atoms with Crippen LogP contribution in [0, 0.1) is 0 Å². The number of hydrogen-bond acceptors (Lipinski definition) is 18. The van der Waals surface area contributed by atoms with Crippen molar-refractivity contribution in [3.05, 3.63) is 107 Å². The number of benzene rings is 2. The molecule has 1 unspecified atom stereocenters. The number of carbonyl (C=O) groups excluding carboxylic acids is 2. The summed E-state index contributed by atoms with van der Waals surface area (Å²) in [5.74, 6) is -0.286. The van der Waals surface area contributed by atoms with Crippen LogP contribution in [0.1, 0.15) is 62.5 Å². The van der Waals surface area contributed by atoms with E-state index in [-0.39, 0.29) is 23.8 Å². The number of rotatable bonds is 42. The molecule has 21 heteroatoms. The number of pyridine rings is 2. The van der Waals surface area contributed by atoms with Gasteiger partial charge in [0.15, 0.2) is 6.35 Å². The van der Waals surface area contributed by atoms with Crippen molar-refractivity contribution in [2.75, 3.05) is 125 Å². The Hall–Kier alpha value is -5.82. The topological polar surface area (TPSA) is 254 Å². The number of unbranched alkanes of at least 4 members (excludes halogenated alkanes) is 4. The van der Waals surface area contributed by atoms with Crippen LogP contribution < -0.4 is 27.2 Å². The summed E-state index contributed by atoms with van der Waals surface area (Å²) in [4.78, 5) is 49.7. The number of ether oxygens (including phenoxy) is 8. The maximum Gasteiger partial charge on any atom is 0.274 e. The van der Waals surface area contributed by atoms with Gasteiger partial charge in [0.25, 0.3) is 5.56 Å². The van der Waals surface area contributed by atoms with Crippen molar-refractivity contribution in [2.45, 2.75) is 83.4 Å². The fraction of sp³-hybridized carbons (Fsp3) is 0.544. The van der Waals surface area contributed by atoms with Crippen LogP contribution in [0.4, 0.5) is 5.69 Å². The van der Waals surface area contributed by atoms with Crippen molar-refractivity contribution < 1.29 is 52.6 Å². The van der Waals surface area contributed by atoms with Crippen molar-refractivity contribution in [2.24, 2.45) is 5.73 Å². The van der Waals surface area contributed by atoms with E-state index in [0.717, 1.165) is 64.5 Å². The molecule has 78 heavy (non-hydrogen) atoms. The number of carbonyl (C=O) groups is 2. The van der Waals surface area contributed by atoms with E-state index in [2.05, 4.69) is 25.9 Å². The Morgan fingerprint density at radius 2 is 1.28 bits per heavy atom. The monoisotopic (exact) mass is 1080 g/mol. The second-order valence-corrected chi connectivity index (χ2v) is 18.7. The lowest BCUT2D eigenvalue weighted by Crippen LogP contribution is -2.41. The highest BCUT2D eigenvalue weighted by Gasteiger charge is 2.24. The summed E-state index contributed by atoms with van der Waals surface area (Å²) in [5.41, 5.74) is 12.6. The van der Waals surface area contributed by atoms with Crippen LogP contribution in [0.25, 0.3) is 33.3 Å². The molecule has 0 saturated heterocycles. The molecule has 2 atom stereocenters. The van der Waals surface area contributed by atoms with Gasteiger partial charge in [-0.2, -0.15) is 5.10 Å². The normalized spacial score (nSPS) is 13.2. The van der Waals surface area contributed by atoms with Gasteiger partial charge in [-0.05, 0) is 85.2 Å². The third-order valence-corrected chi connectivity index (χ3v) is 12.8. The van der Waals surface area contributed by atoms with E-state index in [4.69, 9.17) is 48.7 Å². The van der Waals surface area contributed by atoms with Crippen molar-refractivity contribution in [1.29, 1.82) is 0 Å². The first-order valence-electron chi connectivity index (χ1n) is 27.3. The standard InChI is InChI=1S/C57H81N9O12/c1-71-26-27-73-30-31-75-34-35-77-38-39-78-37-36-76-33-32-74-29-28-72-25-19-54(67)61-20-6-4-12-51(58)55(68)62-21-5-2-3-7-24-66-56(69)50(48-10-8-13-52-49(48)11-9-22-60-52)40-53(64-66)44-14-16-47(17-15-44)63-57(70)65-42-45-18-23-59-41-46(45)43-65/h8-11,13-18,22-23,40-41,51,57,63,70H,2-7,12,19-21,24-39,42-43,58H2,1H3,(H,61,67)(H,62,68)/t51-,57?/m0/s1. The van der Waals surface area contributed by atoms with E-state index in [1.165, 1.54) is 0 Å². The highest BCUT2D eigenvalue weighted by atomic mass is 16.6. The summed E-state index contributed by atoms with van der Waals surface area (Å²) in [6, 6.07) is 20.5. The zero-order chi connectivity index (χ0) is 54.8. The van der Waals surface area contributed by atoms with Crippen LogP contribution >= 0.6 is 0 Å². The number of hydrogen-bond donors (Lipinski definition) is 5. The first-order valence-corrected chi connectivity index (χ1v) is 27.3. The maximum absolute atomic E-state index is 14.1. The van der Waals surface area contributed by atoms with Crippen LogP contribution in [0.5, 0.6) is 0 Å². The molecule has 6 N–H and O–H groups in total. The maximum atomic E-state index is 14.1. The van der Waals surface area contributed by atoms with E-state index in [0.29, 0.717) is 162 Å². The van der Waals surface area contributed by atoms with E-state index >= 15 is 0 Å². The van der Waals surface area contributed by atoms with Crippen molar-refractivity contribution in [3.63, 3.8) is 0 Å². The van der Waals surface area contributed by atoms with Crippen LogP contribution in [0.2, 0.25) is 0 Å². The largest absolute Gasteiger partial charge is 0.382 e. The molecule has 0 aliphatic carbocycles. The number of aryl methyl sites for hydroxylation is 1. The molecule has 6 rings (SSSR count). The van der Waals surface area contributed by atoms with Gasteiger partial charge in [-0.25, -0.2) is 4.68 Å². The van der Waals surface area contributed by atoms with Gasteiger partial charge in [0.2, 0.25) is 11.8 Å². The minimum Gasteiger partial charge on any atom is -0.382 e. The zero-order valence-corrected chi connectivity index (χ0v) is 45.3. The third-order valence-electron chi connectivity index (χ3n) is 12.8. The highest BCUT2D eigenvalue weighted by molar-refractivity contribution is 5.94. The molecule has 0 spiro atoms. The van der Waals surface area contributed by atoms with Gasteiger partial charge in [-0.3, -0.25) is 29.3 Å². The molecule has 0 saturated carbocycles. The van der Waals surface area contributed by atoms with Gasteiger partial charge in [-0.1, -0.05) is 43.2 Å². The molecule has 2 amide bonds. The Labute approximate surface area is 457 Å². The average Bonchev–Trinajstić information content (AvgIpc) is 3.97. The molecule has 1 aliphatic rings. The summed E-state index contributed by atoms with van der Waals surface area (Å²) in [6.45, 7) is 9.72. The molecule has 4 heterocycles. The Bertz CT molecular complexity index is 2530. The van der Waals surface area contributed by atoms with Crippen LogP contribution in [-0.2, 0) is 67.1 Å². The van der Waals surface area contributed by atoms with Crippen molar-refractivity contribution >= 4 is 28.4 Å². The first-order chi connectivity index (χ1) is 38.3. The Balaban J connectivity index is 0.776. The number of anilines is 1. The smallest absolute Gasteiger partial charge is 0.274 e. The van der Waals surface area contributed by atoms with Crippen LogP contribution in [0.3, 0.4) is 0 Å². The zero-order valence-electron chi connectivity index (χ0n) is 45.3. The minimum absolute atomic E-state index is 0.0960. The predicted molar refractivity (Wildman–Crippen MR) is 296 cm³/mol. The number of nitrogens with zero attached hydrogens (tertiary/aromatic N) is 5. The fourth-order valence-corrected chi connectivity index (χ4v) is 8.51. The molecule has 5 aromatic rings. The molecule has 426 valence electrons. The highest BCUT2D eigenvalue weighted by Crippen LogP contribution is 2.29. The Morgan fingerprint density at radius 1 is 0.667 bits per heavy atom. The van der Waals surface area contributed by atoms with Gasteiger partial charge in [-0.15, -0.1) is 0 Å². The van der Waals surface area contributed by atoms with E-state index in [1.54, 1.807) is 24.2 Å². The summed E-state index contributed by atoms with van der Waals surface area (Å²) in [7, 11) is 1.64. The number of aliphatic hydroxyl groups is 1. The van der Waals surface area contributed by atoms with E-state index in [1.807, 2.05) is 77.8 Å². The summed E-state index contributed by atoms with van der Waals surface area (Å²) in [5, 5.41) is 25.8. The van der Waals surface area contributed by atoms with Crippen molar-refractivity contribution in [3.8, 4) is 22.4 Å². The molecule has 2 aromatic carbocycles. The summed E-state index contributed by atoms with van der Waals surface area (Å²) >= 11 is 0. The molecule has 1 aliphatic heterocycles. The lowest BCUT2D eigenvalue weighted by Gasteiger charge is -2.24. The average molecular weight is 1080 g/mol. The van der Waals surface area contributed by atoms with Gasteiger partial charge in [0, 0.05) is 81.5 Å². The molecule has 0 fully saturated rings. The molecule has 0 bridgehead atoms. The molecule has 21 nitrogen and oxygen atoms in total. The van der Waals surface area contributed by atoms with Gasteiger partial charge in [0.05, 0.1) is 122 Å². The number of nitrogens with one attached hydrogen (secondary N) is 3. The fourth-order valence-electron chi connectivity index (χ4n) is 8.51. The Morgan fingerprint density at radius 3 is 1.95 bits per heavy atom. The predicted octanol–water partition coefficient (Wildman–Crippen LogP) is 4.67. The van der Waals surface area contributed by atoms with Crippen molar-refractivity contribution in [1.82, 2.24) is 35.3 Å². The summed E-state index contributed by atoms with van der Waals surface area (Å²) < 4.78 is 44.7. The number of amides is 2. The molecule has 3 aromatic heterocycles. The van der Waals surface area contributed by atoms with Crippen LogP contribution in [-0.4, -0.2) is 173 Å². The number of methoxy groups -OCH3 is 1. The number of fused-ring (bicyclic) bond motifs is 2. The van der Waals surface area contributed by atoms with E-state index in [9.17, 15) is 19.5 Å². The number of nitrogens with two attached hydrogens (primary N) is 1.